The molecule has 3 heterocycles. The molecule has 0 atom stereocenters. The first-order valence-corrected chi connectivity index (χ1v) is 11.0. The van der Waals surface area contributed by atoms with Gasteiger partial charge in [-0.25, -0.2) is 0 Å². The first kappa shape index (κ1) is 23.0. The molecule has 176 valence electrons. The minimum Gasteiger partial charge on any atom is -0.343 e. The van der Waals surface area contributed by atoms with E-state index in [4.69, 9.17) is 4.52 Å². The Bertz CT molecular complexity index is 1160. The molecule has 0 saturated carbocycles. The summed E-state index contributed by atoms with van der Waals surface area (Å²) in [4.78, 5) is 18.5. The van der Waals surface area contributed by atoms with E-state index in [1.807, 2.05) is 29.1 Å². The fourth-order valence-electron chi connectivity index (χ4n) is 4.04. The number of piperidine rings is 1. The maximum atomic E-state index is 12.6. The van der Waals surface area contributed by atoms with Crippen molar-refractivity contribution in [2.75, 3.05) is 13.1 Å². The Morgan fingerprint density at radius 1 is 1.24 bits per heavy atom. The predicted octanol–water partition coefficient (Wildman–Crippen LogP) is 5.27. The standard InChI is InChI=1S/C23H26F3N5O2/c1-14(2)31-19-12-17(5-6-18(19)13-27-31)21-28-22(33-29-21)16-8-10-30(11-9-16)20(32)7-4-15(3)23(24,25)26/h5-6,12-14,16H,3-4,7-11H2,1-2H3. The molecule has 1 amide bonds. The molecule has 1 aromatic carbocycles. The monoisotopic (exact) mass is 461 g/mol. The van der Waals surface area contributed by atoms with Gasteiger partial charge in [0, 0.05) is 48.0 Å². The third-order valence-electron chi connectivity index (χ3n) is 6.03. The molecule has 0 bridgehead atoms. The van der Waals surface area contributed by atoms with Crippen LogP contribution in [-0.2, 0) is 4.79 Å². The highest BCUT2D eigenvalue weighted by Gasteiger charge is 2.33. The lowest BCUT2D eigenvalue weighted by Crippen LogP contribution is -2.38. The number of benzene rings is 1. The number of carbonyl (C=O) groups is 1. The van der Waals surface area contributed by atoms with Crippen LogP contribution in [0.15, 0.2) is 41.1 Å². The van der Waals surface area contributed by atoms with Gasteiger partial charge >= 0.3 is 6.18 Å². The molecule has 1 aliphatic rings. The van der Waals surface area contributed by atoms with Crippen LogP contribution in [0.2, 0.25) is 0 Å². The Morgan fingerprint density at radius 2 is 1.97 bits per heavy atom. The summed E-state index contributed by atoms with van der Waals surface area (Å²) in [5, 5.41) is 9.60. The van der Waals surface area contributed by atoms with Gasteiger partial charge in [0.25, 0.3) is 0 Å². The molecule has 7 nitrogen and oxygen atoms in total. The highest BCUT2D eigenvalue weighted by molar-refractivity contribution is 5.83. The second-order valence-electron chi connectivity index (χ2n) is 8.67. The van der Waals surface area contributed by atoms with Crippen molar-refractivity contribution in [2.45, 2.75) is 57.7 Å². The van der Waals surface area contributed by atoms with E-state index in [0.29, 0.717) is 37.6 Å². The molecule has 3 aromatic rings. The summed E-state index contributed by atoms with van der Waals surface area (Å²) in [6.07, 6.45) is -1.96. The van der Waals surface area contributed by atoms with E-state index in [2.05, 4.69) is 35.7 Å². The number of halogens is 3. The Morgan fingerprint density at radius 3 is 2.64 bits per heavy atom. The molecular formula is C23H26F3N5O2. The summed E-state index contributed by atoms with van der Waals surface area (Å²) in [6, 6.07) is 6.12. The summed E-state index contributed by atoms with van der Waals surface area (Å²) in [5.74, 6) is 0.720. The summed E-state index contributed by atoms with van der Waals surface area (Å²) in [7, 11) is 0. The predicted molar refractivity (Wildman–Crippen MR) is 116 cm³/mol. The van der Waals surface area contributed by atoms with E-state index in [1.54, 1.807) is 4.90 Å². The number of nitrogens with zero attached hydrogens (tertiary/aromatic N) is 5. The SMILES string of the molecule is C=C(CCC(=O)N1CCC(c2nc(-c3ccc4cnn(C(C)C)c4c3)no2)CC1)C(F)(F)F. The van der Waals surface area contributed by atoms with Gasteiger partial charge in [0.2, 0.25) is 17.6 Å². The van der Waals surface area contributed by atoms with Crippen molar-refractivity contribution in [1.82, 2.24) is 24.8 Å². The fourth-order valence-corrected chi connectivity index (χ4v) is 4.04. The number of fused-ring (bicyclic) bond motifs is 1. The average Bonchev–Trinajstić information content (AvgIpc) is 3.43. The molecule has 0 N–H and O–H groups in total. The van der Waals surface area contributed by atoms with E-state index in [0.717, 1.165) is 16.5 Å². The van der Waals surface area contributed by atoms with Crippen molar-refractivity contribution in [3.8, 4) is 11.4 Å². The largest absolute Gasteiger partial charge is 0.412 e. The number of carbonyl (C=O) groups excluding carboxylic acids is 1. The number of allylic oxidation sites excluding steroid dienone is 1. The van der Waals surface area contributed by atoms with Crippen LogP contribution in [-0.4, -0.2) is 50.0 Å². The number of hydrogen-bond donors (Lipinski definition) is 0. The normalized spacial score (nSPS) is 15.5. The fraction of sp³-hybridized carbons (Fsp3) is 0.478. The van der Waals surface area contributed by atoms with Crippen LogP contribution in [0.5, 0.6) is 0 Å². The van der Waals surface area contributed by atoms with Crippen molar-refractivity contribution in [3.05, 3.63) is 42.4 Å². The van der Waals surface area contributed by atoms with Crippen molar-refractivity contribution < 1.29 is 22.5 Å². The van der Waals surface area contributed by atoms with Gasteiger partial charge in [-0.15, -0.1) is 0 Å². The third-order valence-corrected chi connectivity index (χ3v) is 6.03. The smallest absolute Gasteiger partial charge is 0.343 e. The van der Waals surface area contributed by atoms with Crippen LogP contribution < -0.4 is 0 Å². The van der Waals surface area contributed by atoms with E-state index in [9.17, 15) is 18.0 Å². The zero-order valence-corrected chi connectivity index (χ0v) is 18.6. The van der Waals surface area contributed by atoms with Gasteiger partial charge in [-0.05, 0) is 39.2 Å². The van der Waals surface area contributed by atoms with E-state index in [-0.39, 0.29) is 30.7 Å². The Hall–Kier alpha value is -3.17. The van der Waals surface area contributed by atoms with Gasteiger partial charge in [0.15, 0.2) is 0 Å². The average molecular weight is 461 g/mol. The maximum Gasteiger partial charge on any atom is 0.412 e. The Balaban J connectivity index is 1.37. The summed E-state index contributed by atoms with van der Waals surface area (Å²) >= 11 is 0. The van der Waals surface area contributed by atoms with E-state index < -0.39 is 11.7 Å². The molecule has 4 rings (SSSR count). The minimum absolute atomic E-state index is 0.00497. The lowest BCUT2D eigenvalue weighted by Gasteiger charge is -2.30. The highest BCUT2D eigenvalue weighted by Crippen LogP contribution is 2.31. The van der Waals surface area contributed by atoms with Crippen molar-refractivity contribution in [1.29, 1.82) is 0 Å². The minimum atomic E-state index is -4.46. The number of rotatable bonds is 6. The molecule has 2 aromatic heterocycles. The quantitative estimate of drug-likeness (QED) is 0.467. The lowest BCUT2D eigenvalue weighted by atomic mass is 9.96. The van der Waals surface area contributed by atoms with Gasteiger partial charge in [-0.2, -0.15) is 23.3 Å². The Kier molecular flexibility index (Phi) is 6.27. The zero-order chi connectivity index (χ0) is 23.8. The van der Waals surface area contributed by atoms with Crippen molar-refractivity contribution in [3.63, 3.8) is 0 Å². The van der Waals surface area contributed by atoms with Crippen LogP contribution in [0.3, 0.4) is 0 Å². The summed E-state index contributed by atoms with van der Waals surface area (Å²) < 4.78 is 45.2. The number of alkyl halides is 3. The van der Waals surface area contributed by atoms with Gasteiger partial charge in [-0.3, -0.25) is 9.48 Å². The second-order valence-corrected chi connectivity index (χ2v) is 8.67. The van der Waals surface area contributed by atoms with Gasteiger partial charge in [0.1, 0.15) is 0 Å². The van der Waals surface area contributed by atoms with Gasteiger partial charge < -0.3 is 9.42 Å². The molecule has 0 spiro atoms. The Labute approximate surface area is 189 Å². The molecule has 0 radical (unpaired) electrons. The van der Waals surface area contributed by atoms with Crippen LogP contribution in [0, 0.1) is 0 Å². The van der Waals surface area contributed by atoms with Crippen LogP contribution in [0.4, 0.5) is 13.2 Å². The molecule has 33 heavy (non-hydrogen) atoms. The van der Waals surface area contributed by atoms with E-state index >= 15 is 0 Å². The number of likely N-dealkylation sites (tertiary alicyclic amines) is 1. The van der Waals surface area contributed by atoms with Crippen LogP contribution in [0.1, 0.15) is 57.4 Å². The highest BCUT2D eigenvalue weighted by atomic mass is 19.4. The van der Waals surface area contributed by atoms with Crippen molar-refractivity contribution >= 4 is 16.8 Å². The summed E-state index contributed by atoms with van der Waals surface area (Å²) in [5.41, 5.74) is 0.949. The second kappa shape index (κ2) is 8.99. The van der Waals surface area contributed by atoms with Gasteiger partial charge in [-0.1, -0.05) is 23.9 Å². The number of hydrogen-bond acceptors (Lipinski definition) is 5. The first-order chi connectivity index (χ1) is 15.6. The number of aromatic nitrogens is 4. The number of amides is 1. The maximum absolute atomic E-state index is 12.6. The molecule has 1 fully saturated rings. The van der Waals surface area contributed by atoms with Gasteiger partial charge in [0.05, 0.1) is 11.7 Å². The molecule has 10 heteroatoms. The van der Waals surface area contributed by atoms with E-state index in [1.165, 1.54) is 0 Å². The topological polar surface area (TPSA) is 77.1 Å². The molecule has 0 unspecified atom stereocenters. The lowest BCUT2D eigenvalue weighted by molar-refractivity contribution is -0.132. The zero-order valence-electron chi connectivity index (χ0n) is 18.6. The third kappa shape index (κ3) is 4.94. The molecular weight excluding hydrogens is 435 g/mol. The first-order valence-electron chi connectivity index (χ1n) is 11.0. The van der Waals surface area contributed by atoms with Crippen LogP contribution >= 0.6 is 0 Å². The summed E-state index contributed by atoms with van der Waals surface area (Å²) in [6.45, 7) is 8.04. The van der Waals surface area contributed by atoms with Crippen molar-refractivity contribution in [2.24, 2.45) is 0 Å². The van der Waals surface area contributed by atoms with Crippen LogP contribution in [0.25, 0.3) is 22.3 Å². The molecule has 1 aliphatic heterocycles. The molecule has 0 aliphatic carbocycles. The molecule has 1 saturated heterocycles.